The molecule has 0 amide bonds. The quantitative estimate of drug-likeness (QED) is 0.729. The minimum atomic E-state index is -0.699. The van der Waals surface area contributed by atoms with Gasteiger partial charge in [-0.05, 0) is 81.8 Å². The second kappa shape index (κ2) is 8.79. The van der Waals surface area contributed by atoms with Crippen molar-refractivity contribution in [2.75, 3.05) is 6.61 Å². The third-order valence-corrected chi connectivity index (χ3v) is 5.90. The maximum atomic E-state index is 11.0. The molecule has 1 saturated carbocycles. The lowest BCUT2D eigenvalue weighted by Crippen LogP contribution is -2.32. The van der Waals surface area contributed by atoms with E-state index in [1.54, 1.807) is 0 Å². The summed E-state index contributed by atoms with van der Waals surface area (Å²) in [7, 11) is 0. The summed E-state index contributed by atoms with van der Waals surface area (Å²) in [6.07, 6.45) is 11.1. The molecule has 1 N–H and O–H groups in total. The average molecular weight is 345 g/mol. The van der Waals surface area contributed by atoms with Gasteiger partial charge < -0.3 is 9.84 Å². The average Bonchev–Trinajstić information content (AvgIpc) is 2.59. The predicted octanol–water partition coefficient (Wildman–Crippen LogP) is 4.19. The molecule has 138 valence electrons. The Morgan fingerprint density at radius 3 is 2.88 bits per heavy atom. The standard InChI is InChI=1S/C21H31NO3/c1-2-16(21(23)24)11-12-25-19-13-15(14-19)7-9-18-10-8-17-5-3-4-6-20(17)22-18/h8,10,15-16,19H,2-7,9,11-14H2,1H3,(H,23,24)/t15?,16-,19?/m0/s1. The van der Waals surface area contributed by atoms with Crippen LogP contribution < -0.4 is 0 Å². The Hall–Kier alpha value is -1.42. The zero-order valence-corrected chi connectivity index (χ0v) is 15.4. The molecule has 0 saturated heterocycles. The molecule has 0 aliphatic heterocycles. The first-order chi connectivity index (χ1) is 12.2. The number of ether oxygens (including phenoxy) is 1. The molecule has 4 heteroatoms. The van der Waals surface area contributed by atoms with E-state index in [1.807, 2.05) is 6.92 Å². The van der Waals surface area contributed by atoms with Crippen LogP contribution in [0.15, 0.2) is 12.1 Å². The van der Waals surface area contributed by atoms with E-state index in [0.29, 0.717) is 25.6 Å². The Kier molecular flexibility index (Phi) is 6.46. The highest BCUT2D eigenvalue weighted by Gasteiger charge is 2.29. The summed E-state index contributed by atoms with van der Waals surface area (Å²) in [6, 6.07) is 4.50. The van der Waals surface area contributed by atoms with Gasteiger partial charge in [0.1, 0.15) is 0 Å². The third-order valence-electron chi connectivity index (χ3n) is 5.90. The fraction of sp³-hybridized carbons (Fsp3) is 0.714. The van der Waals surface area contributed by atoms with E-state index >= 15 is 0 Å². The summed E-state index contributed by atoms with van der Waals surface area (Å²) >= 11 is 0. The van der Waals surface area contributed by atoms with Crippen LogP contribution in [0.3, 0.4) is 0 Å². The van der Waals surface area contributed by atoms with Crippen molar-refractivity contribution in [1.82, 2.24) is 4.98 Å². The maximum Gasteiger partial charge on any atom is 0.306 e. The van der Waals surface area contributed by atoms with Crippen molar-refractivity contribution in [3.63, 3.8) is 0 Å². The van der Waals surface area contributed by atoms with Crippen molar-refractivity contribution in [2.45, 2.75) is 77.2 Å². The van der Waals surface area contributed by atoms with Gasteiger partial charge in [0.15, 0.2) is 0 Å². The van der Waals surface area contributed by atoms with E-state index < -0.39 is 5.97 Å². The minimum Gasteiger partial charge on any atom is -0.481 e. The van der Waals surface area contributed by atoms with Crippen molar-refractivity contribution in [3.8, 4) is 0 Å². The van der Waals surface area contributed by atoms with Gasteiger partial charge in [0.05, 0.1) is 12.0 Å². The van der Waals surface area contributed by atoms with Gasteiger partial charge >= 0.3 is 5.97 Å². The number of rotatable bonds is 9. The van der Waals surface area contributed by atoms with Crippen LogP contribution in [0, 0.1) is 11.8 Å². The van der Waals surface area contributed by atoms with E-state index in [-0.39, 0.29) is 5.92 Å². The van der Waals surface area contributed by atoms with Gasteiger partial charge in [-0.3, -0.25) is 9.78 Å². The molecule has 0 radical (unpaired) electrons. The molecule has 0 unspecified atom stereocenters. The summed E-state index contributed by atoms with van der Waals surface area (Å²) in [4.78, 5) is 15.9. The number of aryl methyl sites for hydroxylation is 3. The molecule has 25 heavy (non-hydrogen) atoms. The van der Waals surface area contributed by atoms with Crippen LogP contribution >= 0.6 is 0 Å². The first-order valence-electron chi connectivity index (χ1n) is 9.97. The normalized spacial score (nSPS) is 23.6. The Balaban J connectivity index is 1.32. The van der Waals surface area contributed by atoms with E-state index in [1.165, 1.54) is 42.6 Å². The monoisotopic (exact) mass is 345 g/mol. The van der Waals surface area contributed by atoms with Crippen LogP contribution in [0.2, 0.25) is 0 Å². The van der Waals surface area contributed by atoms with Crippen LogP contribution in [-0.2, 0) is 28.8 Å². The number of aliphatic carboxylic acids is 1. The van der Waals surface area contributed by atoms with Crippen LogP contribution in [0.25, 0.3) is 0 Å². The van der Waals surface area contributed by atoms with Gasteiger partial charge in [-0.1, -0.05) is 13.0 Å². The van der Waals surface area contributed by atoms with E-state index in [9.17, 15) is 4.79 Å². The van der Waals surface area contributed by atoms with E-state index in [0.717, 1.165) is 31.6 Å². The van der Waals surface area contributed by atoms with Crippen molar-refractivity contribution in [2.24, 2.45) is 11.8 Å². The van der Waals surface area contributed by atoms with Gasteiger partial charge in [-0.2, -0.15) is 0 Å². The predicted molar refractivity (Wildman–Crippen MR) is 97.7 cm³/mol. The lowest BCUT2D eigenvalue weighted by Gasteiger charge is -2.35. The number of hydrogen-bond donors (Lipinski definition) is 1. The number of fused-ring (bicyclic) bond motifs is 1. The Labute approximate surface area is 151 Å². The van der Waals surface area contributed by atoms with Gasteiger partial charge in [0, 0.05) is 18.0 Å². The highest BCUT2D eigenvalue weighted by Crippen LogP contribution is 2.34. The number of carboxylic acids is 1. The topological polar surface area (TPSA) is 59.4 Å². The van der Waals surface area contributed by atoms with Crippen LogP contribution in [0.1, 0.15) is 68.8 Å². The Bertz CT molecular complexity index is 581. The van der Waals surface area contributed by atoms with Crippen molar-refractivity contribution in [3.05, 3.63) is 29.1 Å². The summed E-state index contributed by atoms with van der Waals surface area (Å²) in [5.41, 5.74) is 4.04. The lowest BCUT2D eigenvalue weighted by atomic mass is 9.79. The molecule has 4 nitrogen and oxygen atoms in total. The van der Waals surface area contributed by atoms with E-state index in [2.05, 4.69) is 12.1 Å². The number of nitrogens with zero attached hydrogens (tertiary/aromatic N) is 1. The second-order valence-electron chi connectivity index (χ2n) is 7.72. The molecule has 1 aromatic rings. The van der Waals surface area contributed by atoms with Crippen molar-refractivity contribution < 1.29 is 14.6 Å². The molecule has 2 aliphatic carbocycles. The third kappa shape index (κ3) is 5.04. The van der Waals surface area contributed by atoms with Gasteiger partial charge in [0.25, 0.3) is 0 Å². The summed E-state index contributed by atoms with van der Waals surface area (Å²) in [5.74, 6) is -0.217. The van der Waals surface area contributed by atoms with Gasteiger partial charge in [-0.25, -0.2) is 0 Å². The van der Waals surface area contributed by atoms with Crippen molar-refractivity contribution >= 4 is 5.97 Å². The molecule has 2 aliphatic rings. The number of pyridine rings is 1. The fourth-order valence-corrected chi connectivity index (χ4v) is 4.04. The summed E-state index contributed by atoms with van der Waals surface area (Å²) < 4.78 is 5.84. The molecule has 1 atom stereocenters. The smallest absolute Gasteiger partial charge is 0.306 e. The highest BCUT2D eigenvalue weighted by atomic mass is 16.5. The molecule has 1 fully saturated rings. The number of hydrogen-bond acceptors (Lipinski definition) is 3. The van der Waals surface area contributed by atoms with Crippen LogP contribution in [0.4, 0.5) is 0 Å². The minimum absolute atomic E-state index is 0.258. The maximum absolute atomic E-state index is 11.0. The van der Waals surface area contributed by atoms with E-state index in [4.69, 9.17) is 14.8 Å². The zero-order valence-electron chi connectivity index (χ0n) is 15.4. The number of carbonyl (C=O) groups is 1. The molecular formula is C21H31NO3. The summed E-state index contributed by atoms with van der Waals surface area (Å²) in [6.45, 7) is 2.50. The second-order valence-corrected chi connectivity index (χ2v) is 7.72. The first kappa shape index (κ1) is 18.4. The largest absolute Gasteiger partial charge is 0.481 e. The van der Waals surface area contributed by atoms with Gasteiger partial charge in [-0.15, -0.1) is 0 Å². The fourth-order valence-electron chi connectivity index (χ4n) is 4.04. The SMILES string of the molecule is CC[C@@H](CCOC1CC(CCc2ccc3c(n2)CCCC3)C1)C(=O)O. The van der Waals surface area contributed by atoms with Crippen molar-refractivity contribution in [1.29, 1.82) is 0 Å². The molecule has 0 aromatic carbocycles. The summed E-state index contributed by atoms with van der Waals surface area (Å²) in [5, 5.41) is 9.04. The number of aromatic nitrogens is 1. The molecule has 3 rings (SSSR count). The number of carboxylic acid groups (broad SMARTS) is 1. The molecule has 0 spiro atoms. The molecule has 0 bridgehead atoms. The highest BCUT2D eigenvalue weighted by molar-refractivity contribution is 5.69. The molecule has 1 aromatic heterocycles. The molecular weight excluding hydrogens is 314 g/mol. The molecule has 1 heterocycles. The lowest BCUT2D eigenvalue weighted by molar-refractivity contribution is -0.143. The van der Waals surface area contributed by atoms with Crippen LogP contribution in [0.5, 0.6) is 0 Å². The Morgan fingerprint density at radius 1 is 1.32 bits per heavy atom. The van der Waals surface area contributed by atoms with Gasteiger partial charge in [0.2, 0.25) is 0 Å². The Morgan fingerprint density at radius 2 is 2.12 bits per heavy atom. The van der Waals surface area contributed by atoms with Crippen LogP contribution in [-0.4, -0.2) is 28.8 Å². The zero-order chi connectivity index (χ0) is 17.6. The first-order valence-corrected chi connectivity index (χ1v) is 9.97.